The Kier molecular flexibility index (Phi) is 17.8. The number of esters is 3. The number of aromatic nitrogens is 7. The lowest BCUT2D eigenvalue weighted by Crippen LogP contribution is -3.00. The maximum atomic E-state index is 13.7. The van der Waals surface area contributed by atoms with E-state index in [1.165, 1.54) is 84.2 Å². The normalized spacial score (nSPS) is 35.5. The SMILES string of the molecule is COC(=O)CC[C@@H](C)C1CC[C@H]2[C@@H]3CC[C@@H]4C[C@H](OC(=O)Cn5cc(-c6ccc7c8ccc(-c9cn(CC(=O)O[C@@H]%10CCC%11(C)C%12CCC%13(C)C([C@H](C)CCC(C)=O)CC[C@H]%13[C@@H]%12CC[C@@H]%11C%10)nn9)cc8n(CC[NH3+])c7c6)nn5)CCC4(C)C3CCC12C.[Cl-]. The largest absolute Gasteiger partial charge is 1.00 e. The van der Waals surface area contributed by atoms with Gasteiger partial charge in [0.2, 0.25) is 0 Å². The van der Waals surface area contributed by atoms with Crippen molar-refractivity contribution in [3.05, 3.63) is 48.8 Å². The molecule has 2 aromatic carbocycles. The lowest BCUT2D eigenvalue weighted by atomic mass is 9.44. The molecule has 5 aromatic rings. The first kappa shape index (κ1) is 63.0. The van der Waals surface area contributed by atoms with Crippen LogP contribution in [-0.4, -0.2) is 84.1 Å². The van der Waals surface area contributed by atoms with Crippen LogP contribution < -0.4 is 18.1 Å². The zero-order chi connectivity index (χ0) is 60.7. The molecule has 0 aliphatic heterocycles. The molecule has 478 valence electrons. The van der Waals surface area contributed by atoms with E-state index in [0.29, 0.717) is 88.9 Å². The smallest absolute Gasteiger partial charge is 0.328 e. The van der Waals surface area contributed by atoms with Crippen molar-refractivity contribution in [3.63, 3.8) is 0 Å². The van der Waals surface area contributed by atoms with Crippen LogP contribution in [0.2, 0.25) is 0 Å². The molecule has 16 heteroatoms. The van der Waals surface area contributed by atoms with E-state index in [4.69, 9.17) is 14.2 Å². The Morgan fingerprint density at radius 2 is 1.02 bits per heavy atom. The molecule has 8 aliphatic rings. The molecule has 0 radical (unpaired) electrons. The van der Waals surface area contributed by atoms with Crippen molar-refractivity contribution >= 4 is 45.5 Å². The minimum absolute atomic E-state index is 0. The first-order chi connectivity index (χ1) is 41.8. The van der Waals surface area contributed by atoms with Crippen molar-refractivity contribution < 1.29 is 51.5 Å². The van der Waals surface area contributed by atoms with E-state index in [0.717, 1.165) is 126 Å². The lowest BCUT2D eigenvalue weighted by Gasteiger charge is -2.61. The van der Waals surface area contributed by atoms with E-state index in [1.807, 2.05) is 12.4 Å². The molecule has 0 spiro atoms. The Morgan fingerprint density at radius 1 is 0.580 bits per heavy atom. The molecular weight excluding hydrogens is 1120 g/mol. The zero-order valence-corrected chi connectivity index (χ0v) is 54.9. The maximum Gasteiger partial charge on any atom is 0.328 e. The second-order valence-electron chi connectivity index (χ2n) is 30.9. The van der Waals surface area contributed by atoms with Gasteiger partial charge in [0, 0.05) is 45.8 Å². The van der Waals surface area contributed by atoms with Crippen LogP contribution in [0.4, 0.5) is 0 Å². The van der Waals surface area contributed by atoms with Crippen molar-refractivity contribution in [2.75, 3.05) is 13.7 Å². The Hall–Kier alpha value is -5.15. The summed E-state index contributed by atoms with van der Waals surface area (Å²) < 4.78 is 23.1. The Bertz CT molecular complexity index is 3390. The number of hydrogen-bond donors (Lipinski definition) is 1. The van der Waals surface area contributed by atoms with Crippen LogP contribution in [0.3, 0.4) is 0 Å². The highest BCUT2D eigenvalue weighted by atomic mass is 35.5. The quantitative estimate of drug-likeness (QED) is 0.0649. The number of carbonyl (C=O) groups is 4. The average Bonchev–Trinajstić information content (AvgIpc) is 1.29. The number of methoxy groups -OCH3 is 1. The third kappa shape index (κ3) is 11.3. The fourth-order valence-electron chi connectivity index (χ4n) is 22.4. The molecule has 0 saturated heterocycles. The predicted molar refractivity (Wildman–Crippen MR) is 335 cm³/mol. The molecule has 13 rings (SSSR count). The number of ketones is 1. The third-order valence-corrected chi connectivity index (χ3v) is 26.8. The summed E-state index contributed by atoms with van der Waals surface area (Å²) in [5, 5.41) is 20.2. The summed E-state index contributed by atoms with van der Waals surface area (Å²) in [6.07, 6.45) is 28.2. The number of nitrogens with zero attached hydrogens (tertiary/aromatic N) is 7. The molecule has 8 saturated carbocycles. The fraction of sp³-hybridized carbons (Fsp3) is 0.722. The first-order valence-corrected chi connectivity index (χ1v) is 34.4. The zero-order valence-electron chi connectivity index (χ0n) is 54.2. The van der Waals surface area contributed by atoms with Gasteiger partial charge in [-0.3, -0.25) is 14.4 Å². The molecule has 18 atom stereocenters. The number of quaternary nitrogens is 1. The number of carbonyl (C=O) groups excluding carboxylic acids is 4. The second kappa shape index (κ2) is 24.8. The second-order valence-corrected chi connectivity index (χ2v) is 30.9. The Balaban J connectivity index is 0.00000754. The lowest BCUT2D eigenvalue weighted by molar-refractivity contribution is -0.369. The van der Waals surface area contributed by atoms with Crippen molar-refractivity contribution in [3.8, 4) is 22.5 Å². The Morgan fingerprint density at radius 3 is 1.47 bits per heavy atom. The minimum atomic E-state index is -0.258. The highest BCUT2D eigenvalue weighted by Gasteiger charge is 2.63. The van der Waals surface area contributed by atoms with Gasteiger partial charge in [0.1, 0.15) is 42.5 Å². The van der Waals surface area contributed by atoms with Gasteiger partial charge in [-0.1, -0.05) is 76.2 Å². The standard InChI is InChI=1S/C72H100N8O7.ClH/c1-43(9-11-45(3)81)56-20-22-58-54-18-14-48-37-50(25-29-69(48,4)60(54)27-31-71(56,58)6)86-67(83)41-78-39-62(74-76-78)46-12-16-52-53-17-13-47(36-65(53)80(34-33-73)64(52)35-46)63-40-79(77-75-63)42-68(84)87-51-26-30-70(5)49(38-51)15-19-55-59-23-21-57(44(2)10-24-66(82)85-8)72(59,7)32-28-61(55)70;/h12-13,16-17,35-36,39-40,43-44,48-51,54-61H,9-11,14-15,18-34,37-38,41-42,73H2,1-8H3;1H/t43-,44-,48-,49-,50-,51-,54+,55+,56?,57?,58+,59+,60?,61?,69?,70?,71?,72?;/m1./s1. The predicted octanol–water partition coefficient (Wildman–Crippen LogP) is 10.3. The minimum Gasteiger partial charge on any atom is -1.00 e. The molecule has 8 aliphatic carbocycles. The molecule has 0 bridgehead atoms. The molecule has 3 aromatic heterocycles. The molecule has 0 amide bonds. The molecule has 15 nitrogen and oxygen atoms in total. The van der Waals surface area contributed by atoms with Crippen molar-refractivity contribution in [2.24, 2.45) is 92.7 Å². The van der Waals surface area contributed by atoms with Crippen LogP contribution in [0.25, 0.3) is 44.3 Å². The summed E-state index contributed by atoms with van der Waals surface area (Å²) >= 11 is 0. The fourth-order valence-corrected chi connectivity index (χ4v) is 22.4. The van der Waals surface area contributed by atoms with Crippen LogP contribution in [-0.2, 0) is 53.0 Å². The van der Waals surface area contributed by atoms with Crippen LogP contribution in [0, 0.1) is 92.7 Å². The van der Waals surface area contributed by atoms with Gasteiger partial charge in [0.25, 0.3) is 0 Å². The summed E-state index contributed by atoms with van der Waals surface area (Å²) in [5.74, 6) is 7.99. The van der Waals surface area contributed by atoms with Gasteiger partial charge in [-0.2, -0.15) is 0 Å². The monoisotopic (exact) mass is 1220 g/mol. The van der Waals surface area contributed by atoms with E-state index in [-0.39, 0.29) is 61.0 Å². The molecule has 3 heterocycles. The molecule has 3 N–H and O–H groups in total. The van der Waals surface area contributed by atoms with E-state index in [2.05, 4.69) is 109 Å². The van der Waals surface area contributed by atoms with Crippen molar-refractivity contribution in [1.29, 1.82) is 0 Å². The van der Waals surface area contributed by atoms with Crippen LogP contribution >= 0.6 is 0 Å². The number of ether oxygens (including phenoxy) is 3. The number of halogens is 1. The number of fused-ring (bicyclic) bond motifs is 13. The van der Waals surface area contributed by atoms with Gasteiger partial charge in [0.15, 0.2) is 0 Å². The molecule has 8 unspecified atom stereocenters. The van der Waals surface area contributed by atoms with Crippen LogP contribution in [0.5, 0.6) is 0 Å². The van der Waals surface area contributed by atoms with Gasteiger partial charge in [0.05, 0.1) is 32.6 Å². The van der Waals surface area contributed by atoms with E-state index < -0.39 is 0 Å². The van der Waals surface area contributed by atoms with Crippen LogP contribution in [0.15, 0.2) is 48.8 Å². The van der Waals surface area contributed by atoms with E-state index in [9.17, 15) is 19.2 Å². The number of rotatable bonds is 18. The van der Waals surface area contributed by atoms with Gasteiger partial charge >= 0.3 is 17.9 Å². The van der Waals surface area contributed by atoms with Gasteiger partial charge in [-0.15, -0.1) is 10.2 Å². The number of benzene rings is 2. The van der Waals surface area contributed by atoms with Crippen LogP contribution in [0.1, 0.15) is 190 Å². The highest BCUT2D eigenvalue weighted by Crippen LogP contribution is 2.70. The number of hydrogen-bond acceptors (Lipinski definition) is 11. The van der Waals surface area contributed by atoms with Gasteiger partial charge in [-0.25, -0.2) is 9.36 Å². The van der Waals surface area contributed by atoms with Crippen molar-refractivity contribution in [2.45, 2.75) is 222 Å². The summed E-state index contributed by atoms with van der Waals surface area (Å²) in [6.45, 7) is 18.3. The molecular formula is C72H101ClN8O7. The average molecular weight is 1230 g/mol. The summed E-state index contributed by atoms with van der Waals surface area (Å²) in [7, 11) is 1.50. The third-order valence-electron chi connectivity index (χ3n) is 26.8. The highest BCUT2D eigenvalue weighted by molar-refractivity contribution is 6.10. The van der Waals surface area contributed by atoms with Gasteiger partial charge in [-0.05, 0) is 240 Å². The summed E-state index contributed by atoms with van der Waals surface area (Å²) in [4.78, 5) is 51.2. The molecule has 88 heavy (non-hydrogen) atoms. The molecule has 8 fully saturated rings. The van der Waals surface area contributed by atoms with Gasteiger partial charge < -0.3 is 41.7 Å². The topological polar surface area (TPSA) is 190 Å². The number of Topliss-reactive ketones (excluding diaryl/α,β-unsaturated/α-hetero) is 1. The summed E-state index contributed by atoms with van der Waals surface area (Å²) in [6, 6.07) is 12.8. The van der Waals surface area contributed by atoms with Crippen molar-refractivity contribution in [1.82, 2.24) is 34.6 Å². The van der Waals surface area contributed by atoms with E-state index >= 15 is 0 Å². The summed E-state index contributed by atoms with van der Waals surface area (Å²) in [5.41, 5.74) is 10.9. The maximum absolute atomic E-state index is 13.7. The first-order valence-electron chi connectivity index (χ1n) is 34.4. The Labute approximate surface area is 528 Å². The van der Waals surface area contributed by atoms with E-state index in [1.54, 1.807) is 16.3 Å².